The number of carbonyl (C=O) groups is 2. The normalized spacial score (nSPS) is 24.1. The van der Waals surface area contributed by atoms with Gasteiger partial charge in [0.1, 0.15) is 0 Å². The van der Waals surface area contributed by atoms with Gasteiger partial charge in [0.25, 0.3) is 0 Å². The standard InChI is InChI=1S/C13H25N3O2/c14-7-3-1-5-10-9-12(17)11(16-13(10)18)6-2-4-8-15/h10-11H,1-9,14-15H2,(H,16,18). The lowest BCUT2D eigenvalue weighted by Crippen LogP contribution is -2.49. The molecule has 0 aliphatic carbocycles. The first kappa shape index (κ1) is 15.1. The second kappa shape index (κ2) is 8.21. The van der Waals surface area contributed by atoms with Crippen LogP contribution in [-0.2, 0) is 9.59 Å². The molecule has 1 saturated heterocycles. The van der Waals surface area contributed by atoms with Gasteiger partial charge in [-0.15, -0.1) is 0 Å². The van der Waals surface area contributed by atoms with Crippen LogP contribution in [0, 0.1) is 5.92 Å². The van der Waals surface area contributed by atoms with E-state index in [-0.39, 0.29) is 23.7 Å². The van der Waals surface area contributed by atoms with Crippen molar-refractivity contribution in [2.24, 2.45) is 17.4 Å². The molecule has 5 N–H and O–H groups in total. The van der Waals surface area contributed by atoms with Crippen molar-refractivity contribution in [3.05, 3.63) is 0 Å². The first-order chi connectivity index (χ1) is 8.69. The van der Waals surface area contributed by atoms with E-state index in [9.17, 15) is 9.59 Å². The van der Waals surface area contributed by atoms with E-state index in [0.717, 1.165) is 38.5 Å². The minimum Gasteiger partial charge on any atom is -0.346 e. The van der Waals surface area contributed by atoms with Crippen LogP contribution in [0.3, 0.4) is 0 Å². The molecular formula is C13H25N3O2. The number of ketones is 1. The maximum Gasteiger partial charge on any atom is 0.224 e. The van der Waals surface area contributed by atoms with Gasteiger partial charge < -0.3 is 16.8 Å². The molecule has 0 aromatic rings. The molecule has 1 heterocycles. The van der Waals surface area contributed by atoms with Crippen LogP contribution < -0.4 is 16.8 Å². The van der Waals surface area contributed by atoms with E-state index in [1.54, 1.807) is 0 Å². The van der Waals surface area contributed by atoms with Gasteiger partial charge >= 0.3 is 0 Å². The summed E-state index contributed by atoms with van der Waals surface area (Å²) < 4.78 is 0. The van der Waals surface area contributed by atoms with Gasteiger partial charge in [-0.25, -0.2) is 0 Å². The fraction of sp³-hybridized carbons (Fsp3) is 0.846. The molecule has 104 valence electrons. The minimum atomic E-state index is -0.283. The number of hydrogen-bond donors (Lipinski definition) is 3. The fourth-order valence-electron chi connectivity index (χ4n) is 2.34. The minimum absolute atomic E-state index is 0.0318. The predicted octanol–water partition coefficient (Wildman–Crippen LogP) is 0.318. The Balaban J connectivity index is 2.34. The maximum absolute atomic E-state index is 11.9. The van der Waals surface area contributed by atoms with Crippen LogP contribution in [0.25, 0.3) is 0 Å². The summed E-state index contributed by atoms with van der Waals surface area (Å²) in [5, 5.41) is 2.84. The van der Waals surface area contributed by atoms with E-state index in [0.29, 0.717) is 19.5 Å². The Bertz CT molecular complexity index is 253. The van der Waals surface area contributed by atoms with Gasteiger partial charge in [0, 0.05) is 12.3 Å². The molecule has 2 atom stereocenters. The second-order valence-electron chi connectivity index (χ2n) is 5.00. The number of carbonyl (C=O) groups excluding carboxylic acids is 2. The summed E-state index contributed by atoms with van der Waals surface area (Å²) >= 11 is 0. The molecule has 1 amide bonds. The van der Waals surface area contributed by atoms with Crippen LogP contribution in [0.2, 0.25) is 0 Å². The predicted molar refractivity (Wildman–Crippen MR) is 70.9 cm³/mol. The molecule has 1 aliphatic rings. The van der Waals surface area contributed by atoms with E-state index < -0.39 is 0 Å². The zero-order valence-electron chi connectivity index (χ0n) is 11.0. The SMILES string of the molecule is NCCCCC1CC(=O)C(CCCCN)NC1=O. The zero-order valence-corrected chi connectivity index (χ0v) is 11.0. The Morgan fingerprint density at radius 3 is 2.22 bits per heavy atom. The van der Waals surface area contributed by atoms with Crippen molar-refractivity contribution in [3.8, 4) is 0 Å². The molecule has 0 aromatic carbocycles. The molecule has 18 heavy (non-hydrogen) atoms. The average molecular weight is 255 g/mol. The number of hydrogen-bond acceptors (Lipinski definition) is 4. The van der Waals surface area contributed by atoms with Gasteiger partial charge in [0.15, 0.2) is 5.78 Å². The molecular weight excluding hydrogens is 230 g/mol. The van der Waals surface area contributed by atoms with Crippen LogP contribution in [0.1, 0.15) is 44.9 Å². The molecule has 0 bridgehead atoms. The van der Waals surface area contributed by atoms with Crippen molar-refractivity contribution in [2.75, 3.05) is 13.1 Å². The molecule has 1 fully saturated rings. The van der Waals surface area contributed by atoms with Gasteiger partial charge in [-0.05, 0) is 45.2 Å². The summed E-state index contributed by atoms with van der Waals surface area (Å²) in [5.41, 5.74) is 10.8. The first-order valence-corrected chi connectivity index (χ1v) is 6.92. The van der Waals surface area contributed by atoms with Crippen LogP contribution in [0.5, 0.6) is 0 Å². The average Bonchev–Trinajstić information content (AvgIpc) is 2.35. The van der Waals surface area contributed by atoms with Crippen LogP contribution in [-0.4, -0.2) is 30.8 Å². The largest absolute Gasteiger partial charge is 0.346 e. The van der Waals surface area contributed by atoms with Gasteiger partial charge in [0.05, 0.1) is 6.04 Å². The highest BCUT2D eigenvalue weighted by Crippen LogP contribution is 2.20. The number of piperidine rings is 1. The Kier molecular flexibility index (Phi) is 6.90. The monoisotopic (exact) mass is 255 g/mol. The highest BCUT2D eigenvalue weighted by molar-refractivity contribution is 5.96. The fourth-order valence-corrected chi connectivity index (χ4v) is 2.34. The Labute approximate surface area is 109 Å². The van der Waals surface area contributed by atoms with E-state index in [4.69, 9.17) is 11.5 Å². The Morgan fingerprint density at radius 1 is 1.00 bits per heavy atom. The number of amides is 1. The topological polar surface area (TPSA) is 98.2 Å². The lowest BCUT2D eigenvalue weighted by molar-refractivity contribution is -0.137. The van der Waals surface area contributed by atoms with Crippen molar-refractivity contribution in [2.45, 2.75) is 51.0 Å². The van der Waals surface area contributed by atoms with Crippen molar-refractivity contribution >= 4 is 11.7 Å². The molecule has 0 spiro atoms. The van der Waals surface area contributed by atoms with Crippen molar-refractivity contribution in [1.82, 2.24) is 5.32 Å². The van der Waals surface area contributed by atoms with Gasteiger partial charge in [-0.1, -0.05) is 6.42 Å². The quantitative estimate of drug-likeness (QED) is 0.544. The van der Waals surface area contributed by atoms with Crippen molar-refractivity contribution in [1.29, 1.82) is 0 Å². The van der Waals surface area contributed by atoms with Crippen LogP contribution >= 0.6 is 0 Å². The van der Waals surface area contributed by atoms with Crippen molar-refractivity contribution in [3.63, 3.8) is 0 Å². The third kappa shape index (κ3) is 4.74. The van der Waals surface area contributed by atoms with Crippen LogP contribution in [0.4, 0.5) is 0 Å². The molecule has 0 saturated carbocycles. The molecule has 5 heteroatoms. The number of rotatable bonds is 8. The van der Waals surface area contributed by atoms with E-state index in [1.807, 2.05) is 0 Å². The van der Waals surface area contributed by atoms with E-state index >= 15 is 0 Å². The molecule has 1 rings (SSSR count). The smallest absolute Gasteiger partial charge is 0.224 e. The third-order valence-corrected chi connectivity index (χ3v) is 3.48. The Hall–Kier alpha value is -0.940. The summed E-state index contributed by atoms with van der Waals surface area (Å²) in [4.78, 5) is 23.8. The highest BCUT2D eigenvalue weighted by Gasteiger charge is 2.33. The van der Waals surface area contributed by atoms with E-state index in [2.05, 4.69) is 5.32 Å². The lowest BCUT2D eigenvalue weighted by atomic mass is 9.87. The van der Waals surface area contributed by atoms with Crippen molar-refractivity contribution < 1.29 is 9.59 Å². The maximum atomic E-state index is 11.9. The highest BCUT2D eigenvalue weighted by atomic mass is 16.2. The van der Waals surface area contributed by atoms with Gasteiger partial charge in [0.2, 0.25) is 5.91 Å². The molecule has 0 radical (unpaired) electrons. The summed E-state index contributed by atoms with van der Waals surface area (Å²) in [7, 11) is 0. The lowest BCUT2D eigenvalue weighted by Gasteiger charge is -2.28. The summed E-state index contributed by atoms with van der Waals surface area (Å²) in [6, 6.07) is -0.283. The second-order valence-corrected chi connectivity index (χ2v) is 5.00. The number of nitrogens with two attached hydrogens (primary N) is 2. The van der Waals surface area contributed by atoms with Crippen LogP contribution in [0.15, 0.2) is 0 Å². The van der Waals surface area contributed by atoms with Gasteiger partial charge in [-0.3, -0.25) is 9.59 Å². The van der Waals surface area contributed by atoms with E-state index in [1.165, 1.54) is 0 Å². The summed E-state index contributed by atoms with van der Waals surface area (Å²) in [6.07, 6.45) is 5.51. The summed E-state index contributed by atoms with van der Waals surface area (Å²) in [5.74, 6) is 0.0588. The molecule has 1 aliphatic heterocycles. The Morgan fingerprint density at radius 2 is 1.61 bits per heavy atom. The van der Waals surface area contributed by atoms with Gasteiger partial charge in [-0.2, -0.15) is 0 Å². The third-order valence-electron chi connectivity index (χ3n) is 3.48. The number of nitrogens with one attached hydrogen (secondary N) is 1. The number of unbranched alkanes of at least 4 members (excludes halogenated alkanes) is 2. The number of Topliss-reactive ketones (excluding diaryl/α,β-unsaturated/α-hetero) is 1. The molecule has 0 aromatic heterocycles. The summed E-state index contributed by atoms with van der Waals surface area (Å²) in [6.45, 7) is 1.28. The zero-order chi connectivity index (χ0) is 13.4. The first-order valence-electron chi connectivity index (χ1n) is 6.92. The molecule has 5 nitrogen and oxygen atoms in total. The molecule has 2 unspecified atom stereocenters.